The standard InChI is InChI=1S/C23H25N3O3S2/c1-14-12-15(2)24-22-18(14)19(20(31-22)23(28)26-8-10-29-11-9-26)25-21(27)17-6-4-16(5-7-17)13-30-3/h4-7,12H,8-11,13H2,1-3H3,(H,25,27). The van der Waals surface area contributed by atoms with Crippen LogP contribution in [-0.4, -0.2) is 54.3 Å². The number of nitrogens with zero attached hydrogens (tertiary/aromatic N) is 2. The maximum atomic E-state index is 13.3. The Labute approximate surface area is 190 Å². The fourth-order valence-corrected chi connectivity index (χ4v) is 5.47. The van der Waals surface area contributed by atoms with E-state index in [4.69, 9.17) is 4.74 Å². The first-order chi connectivity index (χ1) is 15.0. The molecule has 0 radical (unpaired) electrons. The Hall–Kier alpha value is -2.42. The minimum atomic E-state index is -0.230. The van der Waals surface area contributed by atoms with E-state index in [1.165, 1.54) is 16.9 Å². The Morgan fingerprint density at radius 2 is 1.90 bits per heavy atom. The summed E-state index contributed by atoms with van der Waals surface area (Å²) in [5.41, 5.74) is 4.17. The number of thioether (sulfide) groups is 1. The molecule has 0 unspecified atom stereocenters. The third kappa shape index (κ3) is 4.61. The number of ether oxygens (including phenoxy) is 1. The second-order valence-corrected chi connectivity index (χ2v) is 9.42. The zero-order chi connectivity index (χ0) is 22.0. The number of thiophene rings is 1. The number of carbonyl (C=O) groups excluding carboxylic acids is 2. The van der Waals surface area contributed by atoms with Gasteiger partial charge in [0.25, 0.3) is 11.8 Å². The van der Waals surface area contributed by atoms with Crippen LogP contribution in [0.4, 0.5) is 5.69 Å². The van der Waals surface area contributed by atoms with Crippen molar-refractivity contribution in [2.75, 3.05) is 37.9 Å². The second-order valence-electron chi connectivity index (χ2n) is 7.56. The topological polar surface area (TPSA) is 71.5 Å². The molecule has 6 nitrogen and oxygen atoms in total. The first-order valence-electron chi connectivity index (χ1n) is 10.1. The Bertz CT molecular complexity index is 1120. The van der Waals surface area contributed by atoms with Crippen molar-refractivity contribution in [1.29, 1.82) is 0 Å². The molecule has 4 rings (SSSR count). The van der Waals surface area contributed by atoms with Crippen molar-refractivity contribution in [2.24, 2.45) is 0 Å². The summed E-state index contributed by atoms with van der Waals surface area (Å²) in [6.45, 7) is 6.06. The average molecular weight is 456 g/mol. The molecule has 1 saturated heterocycles. The van der Waals surface area contributed by atoms with Gasteiger partial charge < -0.3 is 15.0 Å². The number of aryl methyl sites for hydroxylation is 2. The average Bonchev–Trinajstić information content (AvgIpc) is 3.12. The van der Waals surface area contributed by atoms with Crippen molar-refractivity contribution in [3.05, 3.63) is 57.6 Å². The highest BCUT2D eigenvalue weighted by Gasteiger charge is 2.27. The molecule has 0 saturated carbocycles. The highest BCUT2D eigenvalue weighted by atomic mass is 32.2. The number of fused-ring (bicyclic) bond motifs is 1. The number of hydrogen-bond acceptors (Lipinski definition) is 6. The van der Waals surface area contributed by atoms with Gasteiger partial charge in [0.15, 0.2) is 0 Å². The van der Waals surface area contributed by atoms with Crippen molar-refractivity contribution in [2.45, 2.75) is 19.6 Å². The summed E-state index contributed by atoms with van der Waals surface area (Å²) in [7, 11) is 0. The molecule has 1 fully saturated rings. The quantitative estimate of drug-likeness (QED) is 0.613. The van der Waals surface area contributed by atoms with Gasteiger partial charge in [-0.1, -0.05) is 12.1 Å². The molecule has 1 aliphatic heterocycles. The lowest BCUT2D eigenvalue weighted by atomic mass is 10.1. The maximum Gasteiger partial charge on any atom is 0.266 e. The van der Waals surface area contributed by atoms with Gasteiger partial charge in [0.05, 0.1) is 18.9 Å². The van der Waals surface area contributed by atoms with Crippen molar-refractivity contribution < 1.29 is 14.3 Å². The first kappa shape index (κ1) is 21.8. The van der Waals surface area contributed by atoms with Crippen molar-refractivity contribution in [3.63, 3.8) is 0 Å². The summed E-state index contributed by atoms with van der Waals surface area (Å²) in [4.78, 5) is 34.1. The fraction of sp³-hybridized carbons (Fsp3) is 0.348. The van der Waals surface area contributed by atoms with Crippen LogP contribution in [0.15, 0.2) is 30.3 Å². The van der Waals surface area contributed by atoms with E-state index in [0.717, 1.165) is 27.2 Å². The molecule has 1 aromatic carbocycles. The van der Waals surface area contributed by atoms with Crippen molar-refractivity contribution in [3.8, 4) is 0 Å². The molecule has 3 heterocycles. The van der Waals surface area contributed by atoms with Gasteiger partial charge >= 0.3 is 0 Å². The molecule has 31 heavy (non-hydrogen) atoms. The Kier molecular flexibility index (Phi) is 6.60. The van der Waals surface area contributed by atoms with E-state index in [2.05, 4.69) is 10.3 Å². The smallest absolute Gasteiger partial charge is 0.266 e. The molecule has 0 spiro atoms. The van der Waals surface area contributed by atoms with Crippen LogP contribution in [0, 0.1) is 13.8 Å². The summed E-state index contributed by atoms with van der Waals surface area (Å²) in [6, 6.07) is 9.56. The minimum Gasteiger partial charge on any atom is -0.378 e. The van der Waals surface area contributed by atoms with Crippen LogP contribution in [0.2, 0.25) is 0 Å². The van der Waals surface area contributed by atoms with Gasteiger partial charge in [-0.15, -0.1) is 11.3 Å². The van der Waals surface area contributed by atoms with E-state index in [1.807, 2.05) is 50.4 Å². The number of rotatable bonds is 5. The van der Waals surface area contributed by atoms with Gasteiger partial charge in [0.2, 0.25) is 0 Å². The third-order valence-electron chi connectivity index (χ3n) is 5.25. The Morgan fingerprint density at radius 1 is 1.19 bits per heavy atom. The van der Waals surface area contributed by atoms with E-state index >= 15 is 0 Å². The fourth-order valence-electron chi connectivity index (χ4n) is 3.73. The highest BCUT2D eigenvalue weighted by Crippen LogP contribution is 2.38. The SMILES string of the molecule is CSCc1ccc(C(=O)Nc2c(C(=O)N3CCOCC3)sc3nc(C)cc(C)c23)cc1. The number of anilines is 1. The third-order valence-corrected chi connectivity index (χ3v) is 6.94. The first-order valence-corrected chi connectivity index (χ1v) is 12.4. The molecule has 8 heteroatoms. The van der Waals surface area contributed by atoms with Crippen molar-refractivity contribution >= 4 is 50.8 Å². The monoisotopic (exact) mass is 455 g/mol. The van der Waals surface area contributed by atoms with Gasteiger partial charge in [0, 0.05) is 35.5 Å². The summed E-state index contributed by atoms with van der Waals surface area (Å²) in [5.74, 6) is 0.583. The van der Waals surface area contributed by atoms with E-state index in [0.29, 0.717) is 42.4 Å². The number of morpholine rings is 1. The lowest BCUT2D eigenvalue weighted by molar-refractivity contribution is 0.0307. The molecule has 2 aromatic heterocycles. The van der Waals surface area contributed by atoms with Crippen LogP contribution >= 0.6 is 23.1 Å². The molecular formula is C23H25N3O3S2. The number of pyridine rings is 1. The number of nitrogens with one attached hydrogen (secondary N) is 1. The second kappa shape index (κ2) is 9.38. The molecule has 3 aromatic rings. The minimum absolute atomic E-state index is 0.0889. The number of benzene rings is 1. The lowest BCUT2D eigenvalue weighted by Crippen LogP contribution is -2.40. The maximum absolute atomic E-state index is 13.3. The molecular weight excluding hydrogens is 430 g/mol. The van der Waals surface area contributed by atoms with Crippen LogP contribution in [0.3, 0.4) is 0 Å². The van der Waals surface area contributed by atoms with Gasteiger partial charge in [-0.3, -0.25) is 9.59 Å². The summed E-state index contributed by atoms with van der Waals surface area (Å²) < 4.78 is 5.39. The van der Waals surface area contributed by atoms with Gasteiger partial charge in [-0.05, 0) is 49.4 Å². The number of hydrogen-bond donors (Lipinski definition) is 1. The molecule has 2 amide bonds. The normalized spacial score (nSPS) is 14.1. The number of aromatic nitrogens is 1. The van der Waals surface area contributed by atoms with E-state index in [9.17, 15) is 9.59 Å². The van der Waals surface area contributed by atoms with Gasteiger partial charge in [0.1, 0.15) is 9.71 Å². The summed E-state index contributed by atoms with van der Waals surface area (Å²) in [6.07, 6.45) is 2.05. The van der Waals surface area contributed by atoms with Gasteiger partial charge in [-0.2, -0.15) is 11.8 Å². The van der Waals surface area contributed by atoms with Crippen LogP contribution < -0.4 is 5.32 Å². The number of carbonyl (C=O) groups is 2. The zero-order valence-corrected chi connectivity index (χ0v) is 19.5. The molecule has 1 aliphatic rings. The summed E-state index contributed by atoms with van der Waals surface area (Å²) >= 11 is 3.08. The van der Waals surface area contributed by atoms with Crippen LogP contribution in [0.5, 0.6) is 0 Å². The molecule has 0 bridgehead atoms. The molecule has 162 valence electrons. The lowest BCUT2D eigenvalue weighted by Gasteiger charge is -2.26. The molecule has 0 aliphatic carbocycles. The van der Waals surface area contributed by atoms with Gasteiger partial charge in [-0.25, -0.2) is 4.98 Å². The Morgan fingerprint density at radius 3 is 2.58 bits per heavy atom. The molecule has 0 atom stereocenters. The van der Waals surface area contributed by atoms with E-state index in [1.54, 1.807) is 16.7 Å². The van der Waals surface area contributed by atoms with E-state index < -0.39 is 0 Å². The van der Waals surface area contributed by atoms with E-state index in [-0.39, 0.29) is 11.8 Å². The van der Waals surface area contributed by atoms with Crippen LogP contribution in [-0.2, 0) is 10.5 Å². The van der Waals surface area contributed by atoms with Crippen molar-refractivity contribution in [1.82, 2.24) is 9.88 Å². The predicted octanol–water partition coefficient (Wildman–Crippen LogP) is 4.50. The largest absolute Gasteiger partial charge is 0.378 e. The summed E-state index contributed by atoms with van der Waals surface area (Å²) in [5, 5.41) is 3.86. The Balaban J connectivity index is 1.72. The van der Waals surface area contributed by atoms with Crippen LogP contribution in [0.1, 0.15) is 36.9 Å². The predicted molar refractivity (Wildman–Crippen MR) is 127 cm³/mol. The zero-order valence-electron chi connectivity index (χ0n) is 17.9. The van der Waals surface area contributed by atoms with Crippen LogP contribution in [0.25, 0.3) is 10.2 Å². The number of amides is 2. The highest BCUT2D eigenvalue weighted by molar-refractivity contribution is 7.97. The molecule has 1 N–H and O–H groups in total.